The first-order valence-electron chi connectivity index (χ1n) is 7.44. The number of rotatable bonds is 4. The first-order chi connectivity index (χ1) is 11.1. The number of nitrogen functional groups attached to an aromatic ring is 1. The Kier molecular flexibility index (Phi) is 3.66. The molecule has 1 aliphatic rings. The van der Waals surface area contributed by atoms with Gasteiger partial charge in [-0.25, -0.2) is 9.97 Å². The summed E-state index contributed by atoms with van der Waals surface area (Å²) in [6.07, 6.45) is 6.14. The highest BCUT2D eigenvalue weighted by atomic mass is 35.5. The summed E-state index contributed by atoms with van der Waals surface area (Å²) in [5, 5.41) is 2.15. The van der Waals surface area contributed by atoms with Gasteiger partial charge in [0, 0.05) is 17.0 Å². The number of nitrogens with two attached hydrogens (primary N) is 1. The lowest BCUT2D eigenvalue weighted by atomic mass is 10.1. The van der Waals surface area contributed by atoms with Crippen molar-refractivity contribution >= 4 is 40.1 Å². The summed E-state index contributed by atoms with van der Waals surface area (Å²) < 4.78 is 5.61. The zero-order valence-electron chi connectivity index (χ0n) is 12.5. The van der Waals surface area contributed by atoms with Gasteiger partial charge in [-0.15, -0.1) is 0 Å². The average Bonchev–Trinajstić information content (AvgIpc) is 3.25. The molecule has 0 spiro atoms. The topological polar surface area (TPSA) is 77.8 Å². The fourth-order valence-electron chi connectivity index (χ4n) is 2.59. The Labute approximate surface area is 142 Å². The molecule has 5 nitrogen and oxygen atoms in total. The molecule has 1 aliphatic carbocycles. The van der Waals surface area contributed by atoms with E-state index in [1.54, 1.807) is 6.20 Å². The predicted octanol–water partition coefficient (Wildman–Crippen LogP) is 4.58. The van der Waals surface area contributed by atoms with Crippen molar-refractivity contribution in [3.8, 4) is 0 Å². The Balaban J connectivity index is 1.63. The van der Waals surface area contributed by atoms with E-state index in [2.05, 4.69) is 27.9 Å². The van der Waals surface area contributed by atoms with Crippen LogP contribution >= 0.6 is 23.4 Å². The van der Waals surface area contributed by atoms with Gasteiger partial charge in [-0.1, -0.05) is 23.4 Å². The van der Waals surface area contributed by atoms with Crippen molar-refractivity contribution in [1.29, 1.82) is 0 Å². The summed E-state index contributed by atoms with van der Waals surface area (Å²) in [7, 11) is 0. The number of pyridine rings is 1. The molecule has 0 radical (unpaired) electrons. The van der Waals surface area contributed by atoms with Crippen molar-refractivity contribution in [3.05, 3.63) is 41.0 Å². The number of anilines is 1. The van der Waals surface area contributed by atoms with Crippen LogP contribution in [0.2, 0.25) is 5.15 Å². The molecule has 118 valence electrons. The maximum absolute atomic E-state index is 5.93. The number of halogens is 1. The molecular weight excluding hydrogens is 332 g/mol. The number of hydrogen-bond donors (Lipinski definition) is 1. The maximum atomic E-state index is 5.93. The highest BCUT2D eigenvalue weighted by Crippen LogP contribution is 2.44. The molecule has 0 aliphatic heterocycles. The van der Waals surface area contributed by atoms with E-state index < -0.39 is 0 Å². The number of nitrogens with zero attached hydrogens (tertiary/aromatic N) is 3. The van der Waals surface area contributed by atoms with E-state index in [4.69, 9.17) is 21.8 Å². The van der Waals surface area contributed by atoms with Crippen LogP contribution in [0.3, 0.4) is 0 Å². The molecule has 0 bridgehead atoms. The van der Waals surface area contributed by atoms with Crippen LogP contribution in [0, 0.1) is 0 Å². The van der Waals surface area contributed by atoms with Crippen molar-refractivity contribution in [2.24, 2.45) is 0 Å². The smallest absolute Gasteiger partial charge is 0.191 e. The molecule has 0 aromatic carbocycles. The van der Waals surface area contributed by atoms with Crippen molar-refractivity contribution in [2.45, 2.75) is 36.1 Å². The zero-order chi connectivity index (χ0) is 16.0. The number of fused-ring (bicyclic) bond motifs is 1. The molecule has 23 heavy (non-hydrogen) atoms. The van der Waals surface area contributed by atoms with Gasteiger partial charge >= 0.3 is 0 Å². The standard InChI is InChI=1S/C16H15ClN4OS/c1-8(23-16-20-14(17)5-15(18)21-16)12-4-10-11(9-2-3-9)7-22-13(10)6-19-12/h4-9H,2-3H2,1H3,(H2,18,20,21). The minimum absolute atomic E-state index is 0.0826. The van der Waals surface area contributed by atoms with Gasteiger partial charge in [0.1, 0.15) is 11.0 Å². The second-order valence-electron chi connectivity index (χ2n) is 5.73. The van der Waals surface area contributed by atoms with Gasteiger partial charge < -0.3 is 10.2 Å². The number of aromatic nitrogens is 3. The molecule has 0 amide bonds. The van der Waals surface area contributed by atoms with Crippen LogP contribution in [-0.2, 0) is 0 Å². The largest absolute Gasteiger partial charge is 0.462 e. The fraction of sp³-hybridized carbons (Fsp3) is 0.312. The molecule has 7 heteroatoms. The van der Waals surface area contributed by atoms with Gasteiger partial charge in [0.05, 0.1) is 23.4 Å². The second-order valence-corrected chi connectivity index (χ2v) is 7.42. The minimum Gasteiger partial charge on any atom is -0.462 e. The SMILES string of the molecule is CC(Sc1nc(N)cc(Cl)n1)c1cc2c(C3CC3)coc2cn1. The van der Waals surface area contributed by atoms with Gasteiger partial charge in [-0.3, -0.25) is 4.98 Å². The lowest BCUT2D eigenvalue weighted by molar-refractivity contribution is 0.609. The summed E-state index contributed by atoms with van der Waals surface area (Å²) in [5.74, 6) is 1.01. The molecule has 3 aromatic heterocycles. The number of hydrogen-bond acceptors (Lipinski definition) is 6. The Morgan fingerprint density at radius 2 is 2.17 bits per heavy atom. The van der Waals surface area contributed by atoms with E-state index in [-0.39, 0.29) is 5.25 Å². The first-order valence-corrected chi connectivity index (χ1v) is 8.69. The lowest BCUT2D eigenvalue weighted by Crippen LogP contribution is -1.98. The van der Waals surface area contributed by atoms with E-state index in [1.807, 2.05) is 6.26 Å². The third kappa shape index (κ3) is 3.01. The molecule has 4 rings (SSSR count). The van der Waals surface area contributed by atoms with Crippen LogP contribution in [0.4, 0.5) is 5.82 Å². The van der Waals surface area contributed by atoms with Crippen molar-refractivity contribution in [2.75, 3.05) is 5.73 Å². The van der Waals surface area contributed by atoms with E-state index in [0.717, 1.165) is 16.7 Å². The average molecular weight is 347 g/mol. The molecular formula is C16H15ClN4OS. The normalized spacial score (nSPS) is 15.9. The molecule has 1 atom stereocenters. The Morgan fingerprint density at radius 3 is 2.91 bits per heavy atom. The van der Waals surface area contributed by atoms with Crippen molar-refractivity contribution < 1.29 is 4.42 Å². The second kappa shape index (κ2) is 5.69. The summed E-state index contributed by atoms with van der Waals surface area (Å²) in [4.78, 5) is 12.9. The van der Waals surface area contributed by atoms with Gasteiger partial charge in [0.25, 0.3) is 0 Å². The highest BCUT2D eigenvalue weighted by Gasteiger charge is 2.27. The molecule has 1 unspecified atom stereocenters. The van der Waals surface area contributed by atoms with Gasteiger partial charge in [0.2, 0.25) is 0 Å². The summed E-state index contributed by atoms with van der Waals surface area (Å²) in [5.41, 5.74) is 8.82. The van der Waals surface area contributed by atoms with E-state index in [0.29, 0.717) is 22.0 Å². The van der Waals surface area contributed by atoms with Crippen LogP contribution in [0.1, 0.15) is 42.2 Å². The van der Waals surface area contributed by atoms with Crippen molar-refractivity contribution in [1.82, 2.24) is 15.0 Å². The molecule has 3 aromatic rings. The summed E-state index contributed by atoms with van der Waals surface area (Å²) >= 11 is 7.42. The molecule has 2 N–H and O–H groups in total. The van der Waals surface area contributed by atoms with Gasteiger partial charge in [-0.05, 0) is 31.7 Å². The lowest BCUT2D eigenvalue weighted by Gasteiger charge is -2.10. The Bertz CT molecular complexity index is 857. The van der Waals surface area contributed by atoms with Crippen LogP contribution in [0.5, 0.6) is 0 Å². The van der Waals surface area contributed by atoms with Crippen LogP contribution in [0.25, 0.3) is 11.0 Å². The van der Waals surface area contributed by atoms with Crippen LogP contribution in [-0.4, -0.2) is 15.0 Å². The number of furan rings is 1. The fourth-order valence-corrected chi connectivity index (χ4v) is 3.70. The maximum Gasteiger partial charge on any atom is 0.191 e. The molecule has 0 saturated heterocycles. The Morgan fingerprint density at radius 1 is 1.35 bits per heavy atom. The third-order valence-electron chi connectivity index (χ3n) is 3.92. The summed E-state index contributed by atoms with van der Waals surface area (Å²) in [6.45, 7) is 2.07. The molecule has 1 fully saturated rings. The van der Waals surface area contributed by atoms with E-state index >= 15 is 0 Å². The zero-order valence-corrected chi connectivity index (χ0v) is 14.1. The van der Waals surface area contributed by atoms with E-state index in [1.165, 1.54) is 36.2 Å². The molecule has 1 saturated carbocycles. The molecule has 3 heterocycles. The van der Waals surface area contributed by atoms with Crippen LogP contribution in [0.15, 0.2) is 34.2 Å². The minimum atomic E-state index is 0.0826. The van der Waals surface area contributed by atoms with Crippen LogP contribution < -0.4 is 5.73 Å². The van der Waals surface area contributed by atoms with Gasteiger partial charge in [0.15, 0.2) is 10.7 Å². The van der Waals surface area contributed by atoms with E-state index in [9.17, 15) is 0 Å². The number of thioether (sulfide) groups is 1. The monoisotopic (exact) mass is 346 g/mol. The van der Waals surface area contributed by atoms with Crippen molar-refractivity contribution in [3.63, 3.8) is 0 Å². The third-order valence-corrected chi connectivity index (χ3v) is 5.10. The van der Waals surface area contributed by atoms with Gasteiger partial charge in [-0.2, -0.15) is 0 Å². The highest BCUT2D eigenvalue weighted by molar-refractivity contribution is 7.99. The predicted molar refractivity (Wildman–Crippen MR) is 91.7 cm³/mol. The quantitative estimate of drug-likeness (QED) is 0.423. The summed E-state index contributed by atoms with van der Waals surface area (Å²) in [6, 6.07) is 3.64. The Hall–Kier alpha value is -1.79. The first kappa shape index (κ1) is 14.8.